The van der Waals surface area contributed by atoms with Gasteiger partial charge in [-0.2, -0.15) is 0 Å². The minimum Gasteiger partial charge on any atom is -0.366 e. The number of hydrogen-bond acceptors (Lipinski definition) is 4. The number of hydrogen-bond donors (Lipinski definition) is 1. The number of thiophene rings is 1. The minimum absolute atomic E-state index is 0.137. The number of aromatic amines is 1. The van der Waals surface area contributed by atoms with Gasteiger partial charge in [-0.05, 0) is 42.5 Å². The largest absolute Gasteiger partial charge is 0.366 e. The molecule has 0 aliphatic carbocycles. The number of nitrogens with zero attached hydrogens (tertiary/aromatic N) is 2. The molecular weight excluding hydrogens is 484 g/mol. The van der Waals surface area contributed by atoms with E-state index in [1.807, 2.05) is 12.1 Å². The summed E-state index contributed by atoms with van der Waals surface area (Å²) in [5, 5.41) is 0.576. The van der Waals surface area contributed by atoms with Gasteiger partial charge < -0.3 is 14.8 Å². The van der Waals surface area contributed by atoms with Gasteiger partial charge >= 0.3 is 0 Å². The topological polar surface area (TPSA) is 56.4 Å². The Morgan fingerprint density at radius 2 is 1.70 bits per heavy atom. The second kappa shape index (κ2) is 8.82. The van der Waals surface area contributed by atoms with Gasteiger partial charge in [-0.3, -0.25) is 9.59 Å². The van der Waals surface area contributed by atoms with Crippen LogP contribution in [0.3, 0.4) is 0 Å². The predicted molar refractivity (Wildman–Crippen MR) is 131 cm³/mol. The lowest BCUT2D eigenvalue weighted by molar-refractivity contribution is 0.0749. The molecule has 1 saturated heterocycles. The van der Waals surface area contributed by atoms with Crippen LogP contribution in [0.5, 0.6) is 0 Å². The summed E-state index contributed by atoms with van der Waals surface area (Å²) in [7, 11) is 0. The molecule has 0 unspecified atom stereocenters. The molecule has 0 atom stereocenters. The van der Waals surface area contributed by atoms with E-state index in [1.165, 1.54) is 35.6 Å². The highest BCUT2D eigenvalue weighted by Crippen LogP contribution is 2.38. The molecule has 0 radical (unpaired) electrons. The summed E-state index contributed by atoms with van der Waals surface area (Å²) in [6.07, 6.45) is 1.60. The monoisotopic (exact) mass is 501 g/mol. The molecular formula is C24H18Cl2FN3O2S. The zero-order valence-electron chi connectivity index (χ0n) is 17.3. The molecule has 1 N–H and O–H groups in total. The molecule has 0 spiro atoms. The maximum Gasteiger partial charge on any atom is 0.254 e. The van der Waals surface area contributed by atoms with Gasteiger partial charge in [0.05, 0.1) is 10.0 Å². The van der Waals surface area contributed by atoms with Crippen LogP contribution < -0.4 is 4.90 Å². The smallest absolute Gasteiger partial charge is 0.254 e. The summed E-state index contributed by atoms with van der Waals surface area (Å²) in [4.78, 5) is 33.6. The second-order valence-electron chi connectivity index (χ2n) is 7.76. The van der Waals surface area contributed by atoms with Crippen LogP contribution in [0, 0.1) is 5.82 Å². The zero-order valence-corrected chi connectivity index (χ0v) is 19.6. The number of piperazine rings is 1. The van der Waals surface area contributed by atoms with Gasteiger partial charge in [-0.1, -0.05) is 29.3 Å². The Labute approximate surface area is 203 Å². The number of fused-ring (bicyclic) bond motifs is 1. The molecule has 1 fully saturated rings. The summed E-state index contributed by atoms with van der Waals surface area (Å²) >= 11 is 13.7. The van der Waals surface area contributed by atoms with Crippen LogP contribution >= 0.6 is 34.5 Å². The van der Waals surface area contributed by atoms with Gasteiger partial charge in [-0.25, -0.2) is 4.39 Å². The van der Waals surface area contributed by atoms with E-state index >= 15 is 0 Å². The molecule has 0 bridgehead atoms. The van der Waals surface area contributed by atoms with Gasteiger partial charge in [0.2, 0.25) is 0 Å². The van der Waals surface area contributed by atoms with Crippen LogP contribution in [0.15, 0.2) is 54.7 Å². The second-order valence-corrected chi connectivity index (χ2v) is 10.0. The molecule has 1 amide bonds. The van der Waals surface area contributed by atoms with Crippen molar-refractivity contribution in [1.82, 2.24) is 9.88 Å². The Kier molecular flexibility index (Phi) is 5.86. The quantitative estimate of drug-likeness (QED) is 0.355. The van der Waals surface area contributed by atoms with Crippen molar-refractivity contribution in [3.63, 3.8) is 0 Å². The number of rotatable bonds is 4. The molecule has 2 aromatic carbocycles. The third-order valence-corrected chi connectivity index (χ3v) is 7.30. The summed E-state index contributed by atoms with van der Waals surface area (Å²) in [5.74, 6) is -0.816. The van der Waals surface area contributed by atoms with Crippen molar-refractivity contribution in [3.8, 4) is 0 Å². The molecule has 33 heavy (non-hydrogen) atoms. The van der Waals surface area contributed by atoms with E-state index in [0.717, 1.165) is 5.69 Å². The van der Waals surface area contributed by atoms with Crippen molar-refractivity contribution in [3.05, 3.63) is 85.9 Å². The molecule has 9 heteroatoms. The molecule has 5 rings (SSSR count). The van der Waals surface area contributed by atoms with Gasteiger partial charge in [0, 0.05) is 60.0 Å². The van der Waals surface area contributed by atoms with E-state index in [-0.39, 0.29) is 11.7 Å². The van der Waals surface area contributed by atoms with E-state index in [9.17, 15) is 14.0 Å². The lowest BCUT2D eigenvalue weighted by atomic mass is 9.98. The van der Waals surface area contributed by atoms with E-state index in [1.54, 1.807) is 23.2 Å². The van der Waals surface area contributed by atoms with E-state index < -0.39 is 5.82 Å². The highest BCUT2D eigenvalue weighted by atomic mass is 35.5. The molecule has 1 aliphatic heterocycles. The average Bonchev–Trinajstić information content (AvgIpc) is 3.41. The van der Waals surface area contributed by atoms with Crippen LogP contribution in [0.1, 0.15) is 26.3 Å². The molecule has 4 aromatic rings. The first-order chi connectivity index (χ1) is 15.9. The third-order valence-electron chi connectivity index (χ3n) is 5.83. The molecule has 2 aromatic heterocycles. The Morgan fingerprint density at radius 3 is 2.36 bits per heavy atom. The van der Waals surface area contributed by atoms with Gasteiger partial charge in [0.1, 0.15) is 10.2 Å². The van der Waals surface area contributed by atoms with Crippen molar-refractivity contribution in [2.75, 3.05) is 31.1 Å². The van der Waals surface area contributed by atoms with Gasteiger partial charge in [0.15, 0.2) is 5.78 Å². The summed E-state index contributed by atoms with van der Waals surface area (Å²) in [6.45, 7) is 2.29. The number of amides is 1. The molecule has 168 valence electrons. The van der Waals surface area contributed by atoms with Gasteiger partial charge in [0.25, 0.3) is 5.91 Å². The Balaban J connectivity index is 1.41. The van der Waals surface area contributed by atoms with Crippen LogP contribution in [-0.2, 0) is 0 Å². The summed E-state index contributed by atoms with van der Waals surface area (Å²) in [6, 6.07) is 12.6. The Hall–Kier alpha value is -2.87. The average molecular weight is 502 g/mol. The van der Waals surface area contributed by atoms with Crippen LogP contribution in [-0.4, -0.2) is 47.8 Å². The highest BCUT2D eigenvalue weighted by Gasteiger charge is 2.27. The van der Waals surface area contributed by atoms with Crippen LogP contribution in [0.2, 0.25) is 8.67 Å². The number of benzene rings is 2. The number of carbonyl (C=O) groups excluding carboxylic acids is 2. The first-order valence-corrected chi connectivity index (χ1v) is 11.9. The lowest BCUT2D eigenvalue weighted by Crippen LogP contribution is -2.48. The first kappa shape index (κ1) is 21.9. The van der Waals surface area contributed by atoms with E-state index in [0.29, 0.717) is 62.4 Å². The summed E-state index contributed by atoms with van der Waals surface area (Å²) < 4.78 is 14.6. The van der Waals surface area contributed by atoms with Crippen LogP contribution in [0.25, 0.3) is 10.9 Å². The van der Waals surface area contributed by atoms with Crippen LogP contribution in [0.4, 0.5) is 10.1 Å². The van der Waals surface area contributed by atoms with Crippen molar-refractivity contribution >= 4 is 62.8 Å². The minimum atomic E-state index is -0.411. The van der Waals surface area contributed by atoms with Crippen molar-refractivity contribution in [1.29, 1.82) is 0 Å². The SMILES string of the molecule is O=C(c1ccc(F)cc1)c1c[nH]c2cccc(C(=O)N3CCN(c4cc(Cl)sc4Cl)CC3)c12. The molecule has 5 nitrogen and oxygen atoms in total. The van der Waals surface area contributed by atoms with Crippen molar-refractivity contribution in [2.45, 2.75) is 0 Å². The molecule has 0 saturated carbocycles. The number of halogens is 3. The van der Waals surface area contributed by atoms with Crippen molar-refractivity contribution < 1.29 is 14.0 Å². The lowest BCUT2D eigenvalue weighted by Gasteiger charge is -2.36. The van der Waals surface area contributed by atoms with Crippen molar-refractivity contribution in [2.24, 2.45) is 0 Å². The first-order valence-electron chi connectivity index (χ1n) is 10.3. The molecule has 3 heterocycles. The van der Waals surface area contributed by atoms with E-state index in [4.69, 9.17) is 23.2 Å². The Bertz CT molecular complexity index is 1360. The maximum atomic E-state index is 13.5. The number of ketones is 1. The normalized spacial score (nSPS) is 14.2. The molecule has 1 aliphatic rings. The number of H-pyrrole nitrogens is 1. The number of nitrogens with one attached hydrogen (secondary N) is 1. The maximum absolute atomic E-state index is 13.5. The predicted octanol–water partition coefficient (Wildman–Crippen LogP) is 5.87. The standard InChI is InChI=1S/C24H18Cl2FN3O2S/c25-20-12-19(23(26)33-20)29-8-10-30(11-9-29)24(32)16-2-1-3-18-21(16)17(13-28-18)22(31)14-4-6-15(27)7-5-14/h1-7,12-13,28H,8-11H2. The van der Waals surface area contributed by atoms with Gasteiger partial charge in [-0.15, -0.1) is 11.3 Å². The van der Waals surface area contributed by atoms with E-state index in [2.05, 4.69) is 9.88 Å². The number of aromatic nitrogens is 1. The third kappa shape index (κ3) is 4.12. The fourth-order valence-corrected chi connectivity index (χ4v) is 5.68. The summed E-state index contributed by atoms with van der Waals surface area (Å²) in [5.41, 5.74) is 2.80. The highest BCUT2D eigenvalue weighted by molar-refractivity contribution is 7.20. The number of carbonyl (C=O) groups is 2. The fourth-order valence-electron chi connectivity index (χ4n) is 4.17. The fraction of sp³-hybridized carbons (Fsp3) is 0.167. The number of anilines is 1. The zero-order chi connectivity index (χ0) is 23.1. The Morgan fingerprint density at radius 1 is 0.970 bits per heavy atom.